The highest BCUT2D eigenvalue weighted by Gasteiger charge is 2.17. The smallest absolute Gasteiger partial charge is 0.425 e. The number of rotatable bonds is 21. The van der Waals surface area contributed by atoms with Gasteiger partial charge in [0.2, 0.25) is 0 Å². The van der Waals surface area contributed by atoms with E-state index >= 15 is 0 Å². The van der Waals surface area contributed by atoms with Crippen LogP contribution in [0.2, 0.25) is 0 Å². The molecule has 0 unspecified atom stereocenters. The molecule has 32 heteroatoms. The van der Waals surface area contributed by atoms with Gasteiger partial charge in [0.15, 0.2) is 5.75 Å². The molecule has 5 N–H and O–H groups in total. The third-order valence-electron chi connectivity index (χ3n) is 10.9. The van der Waals surface area contributed by atoms with E-state index in [1.54, 1.807) is 44.2 Å². The molecule has 0 aliphatic heterocycles. The second-order valence-electron chi connectivity index (χ2n) is 17.1. The van der Waals surface area contributed by atoms with E-state index in [0.29, 0.717) is 39.0 Å². The molecule has 0 spiro atoms. The molecular weight excluding hydrogens is 1170 g/mol. The fourth-order valence-corrected chi connectivity index (χ4v) is 8.70. The summed E-state index contributed by atoms with van der Waals surface area (Å²) >= 11 is 0. The lowest BCUT2D eigenvalue weighted by Crippen LogP contribution is -2.08. The van der Waals surface area contributed by atoms with Crippen molar-refractivity contribution in [1.82, 2.24) is 0 Å². The zero-order valence-electron chi connectivity index (χ0n) is 43.4. The zero-order valence-corrected chi connectivity index (χ0v) is 47.5. The molecule has 7 rings (SSSR count). The number of hydrogen-bond donors (Lipinski definition) is 5. The molecule has 0 fully saturated rings. The van der Waals surface area contributed by atoms with Crippen LogP contribution in [0.25, 0.3) is 10.8 Å². The lowest BCUT2D eigenvalue weighted by Gasteiger charge is -2.12. The molecule has 0 aromatic heterocycles. The van der Waals surface area contributed by atoms with Crippen molar-refractivity contribution in [2.45, 2.75) is 45.4 Å². The van der Waals surface area contributed by atoms with Crippen LogP contribution in [0.15, 0.2) is 167 Å². The second-order valence-corrected chi connectivity index (χ2v) is 22.5. The number of aromatic hydroxyl groups is 1. The van der Waals surface area contributed by atoms with E-state index in [-0.39, 0.29) is 77.4 Å². The Morgan fingerprint density at radius 1 is 0.439 bits per heavy atom. The first-order chi connectivity index (χ1) is 38.6. The summed E-state index contributed by atoms with van der Waals surface area (Å²) in [4.78, 5) is -0.468. The fourth-order valence-electron chi connectivity index (χ4n) is 7.11. The van der Waals surface area contributed by atoms with E-state index in [1.165, 1.54) is 30.3 Å². The molecule has 0 heterocycles. The number of azo groups is 4. The van der Waals surface area contributed by atoms with Crippen molar-refractivity contribution < 1.29 is 78.7 Å². The minimum atomic E-state index is -4.63. The summed E-state index contributed by atoms with van der Waals surface area (Å²) in [6.45, 7) is 6.69. The third-order valence-corrected chi connectivity index (χ3v) is 13.4. The van der Waals surface area contributed by atoms with E-state index in [4.69, 9.17) is 34.7 Å². The summed E-state index contributed by atoms with van der Waals surface area (Å²) in [7, 11) is -19.4. The minimum absolute atomic E-state index is 0.0174. The molecule has 27 nitrogen and oxygen atoms in total. The Morgan fingerprint density at radius 2 is 0.829 bits per heavy atom. The second kappa shape index (κ2) is 29.2. The highest BCUT2D eigenvalue weighted by atomic mass is 32.2. The summed E-state index contributed by atoms with van der Waals surface area (Å²) in [5.41, 5.74) is 6.23. The average Bonchev–Trinajstić information content (AvgIpc) is 3.54. The number of phenols is 1. The summed E-state index contributed by atoms with van der Waals surface area (Å²) < 4.78 is 160. The van der Waals surface area contributed by atoms with E-state index in [2.05, 4.69) is 46.2 Å². The lowest BCUT2D eigenvalue weighted by molar-refractivity contribution is 0.317. The molecule has 0 amide bonds. The Kier molecular flexibility index (Phi) is 22.9. The van der Waals surface area contributed by atoms with Gasteiger partial charge in [0.05, 0.1) is 47.5 Å². The molecule has 0 bridgehead atoms. The first kappa shape index (κ1) is 64.2. The number of nitrogens with one attached hydrogen (secondary N) is 1. The van der Waals surface area contributed by atoms with Crippen LogP contribution >= 0.6 is 0 Å². The van der Waals surface area contributed by atoms with E-state index in [9.17, 15) is 44.0 Å². The number of phenolic OH excluding ortho intramolecular Hbond substituents is 1. The Hall–Kier alpha value is -8.63. The Bertz CT molecular complexity index is 4170. The van der Waals surface area contributed by atoms with Gasteiger partial charge >= 0.3 is 21.2 Å². The van der Waals surface area contributed by atoms with Crippen molar-refractivity contribution in [3.63, 3.8) is 0 Å². The molecule has 432 valence electrons. The highest BCUT2D eigenvalue weighted by molar-refractivity contribution is 7.86. The fraction of sp³-hybridized carbons (Fsp3) is 0.200. The van der Waals surface area contributed by atoms with Gasteiger partial charge in [-0.05, 0) is 141 Å². The largest absolute Gasteiger partial charge is 0.505 e. The molecule has 7 aromatic carbocycles. The van der Waals surface area contributed by atoms with Gasteiger partial charge in [0.25, 0.3) is 30.4 Å². The van der Waals surface area contributed by atoms with Gasteiger partial charge in [0, 0.05) is 28.9 Å². The van der Waals surface area contributed by atoms with Crippen molar-refractivity contribution in [3.05, 3.63) is 144 Å². The maximum Gasteiger partial charge on any atom is 0.425 e. The van der Waals surface area contributed by atoms with Gasteiger partial charge in [-0.2, -0.15) is 45.7 Å². The molecule has 7 aromatic rings. The number of para-hydroxylation sites is 1. The SMILES string of the molecule is Cc1cc(N=Nc2ccc3cc(Nc4ccccc4)ccc3c2O)c(C)cc1N=Nc1cc(C)c(N=Nc2cc(C)c(N=Nc3ccccc3S(=O)(=O)O)cc2OCCCS(=O)(=O)O)cc1OCCCS(=O)(=O)O.O=S(=O)=O.O=S(=O)=O. The Labute approximate surface area is 472 Å². The van der Waals surface area contributed by atoms with Gasteiger partial charge in [-0.25, -0.2) is 0 Å². The van der Waals surface area contributed by atoms with Crippen LogP contribution in [0, 0.1) is 27.7 Å². The van der Waals surface area contributed by atoms with Crippen LogP contribution in [0.1, 0.15) is 35.1 Å². The molecule has 0 aliphatic carbocycles. The number of ether oxygens (including phenoxy) is 2. The van der Waals surface area contributed by atoms with Crippen LogP contribution in [0.4, 0.5) is 56.9 Å². The van der Waals surface area contributed by atoms with Crippen LogP contribution < -0.4 is 14.8 Å². The van der Waals surface area contributed by atoms with Crippen molar-refractivity contribution in [2.75, 3.05) is 30.0 Å². The standard InChI is InChI=1S/C50H49N9O12S3.2O3S/c1-31-25-42(32(2)24-41(31)54-53-40-19-16-35-28-37(17-18-38(35)50(40)60)51-36-12-6-5-7-13-36)55-58-45-27-34(4)44(30-48(45)71-21-11-23-73(64,65)66)57-59-46-26-33(3)43(29-47(46)70-20-10-22-72(61,62)63)56-52-39-14-8-9-15-49(39)74(67,68)69;2*1-4(2)3/h5-9,12-19,24-30,51,60H,10-11,20-23H2,1-4H3,(H,61,62,63)(H,64,65,66)(H,67,68,69);;. The molecule has 0 aliphatic rings. The van der Waals surface area contributed by atoms with Gasteiger partial charge in [-0.1, -0.05) is 36.4 Å². The quantitative estimate of drug-likeness (QED) is 0.0253. The monoisotopic (exact) mass is 1220 g/mol. The Morgan fingerprint density at radius 3 is 1.28 bits per heavy atom. The zero-order chi connectivity index (χ0) is 60.4. The van der Waals surface area contributed by atoms with Crippen LogP contribution in [0.5, 0.6) is 17.2 Å². The minimum Gasteiger partial charge on any atom is -0.505 e. The first-order valence-electron chi connectivity index (χ1n) is 23.5. The molecule has 82 heavy (non-hydrogen) atoms. The van der Waals surface area contributed by atoms with E-state index in [0.717, 1.165) is 22.8 Å². The summed E-state index contributed by atoms with van der Waals surface area (Å²) in [5.74, 6) is -0.964. The molecular formula is C50H49N9O18S5. The topological polar surface area (TPSA) is 415 Å². The van der Waals surface area contributed by atoms with Gasteiger partial charge in [0.1, 0.15) is 39.1 Å². The third kappa shape index (κ3) is 20.8. The predicted molar refractivity (Wildman–Crippen MR) is 299 cm³/mol. The molecule has 0 saturated carbocycles. The number of anilines is 2. The molecule has 0 atom stereocenters. The maximum absolute atomic E-state index is 11.9. The number of nitrogens with zero attached hydrogens (tertiary/aromatic N) is 8. The summed E-state index contributed by atoms with van der Waals surface area (Å²) in [5, 5.41) is 50.8. The first-order valence-corrected chi connectivity index (χ1v) is 30.1. The van der Waals surface area contributed by atoms with E-state index < -0.39 is 68.0 Å². The summed E-state index contributed by atoms with van der Waals surface area (Å²) in [6, 6.07) is 34.0. The van der Waals surface area contributed by atoms with Gasteiger partial charge in [-0.3, -0.25) is 13.7 Å². The lowest BCUT2D eigenvalue weighted by atomic mass is 10.1. The molecule has 0 saturated heterocycles. The summed E-state index contributed by atoms with van der Waals surface area (Å²) in [6.07, 6.45) is -0.168. The Balaban J connectivity index is 0.00000144. The van der Waals surface area contributed by atoms with Crippen LogP contribution in [-0.4, -0.2) is 94.0 Å². The van der Waals surface area contributed by atoms with Crippen molar-refractivity contribution in [3.8, 4) is 17.2 Å². The van der Waals surface area contributed by atoms with Crippen molar-refractivity contribution >= 4 is 119 Å². The van der Waals surface area contributed by atoms with E-state index in [1.807, 2.05) is 68.4 Å². The number of fused-ring (bicyclic) bond motifs is 1. The molecule has 0 radical (unpaired) electrons. The average molecular weight is 1220 g/mol. The van der Waals surface area contributed by atoms with Crippen LogP contribution in [-0.2, 0) is 51.6 Å². The van der Waals surface area contributed by atoms with Crippen LogP contribution in [0.3, 0.4) is 0 Å². The highest BCUT2D eigenvalue weighted by Crippen LogP contribution is 2.42. The maximum atomic E-state index is 11.9. The van der Waals surface area contributed by atoms with Crippen molar-refractivity contribution in [2.24, 2.45) is 40.9 Å². The van der Waals surface area contributed by atoms with Crippen molar-refractivity contribution in [1.29, 1.82) is 0 Å². The van der Waals surface area contributed by atoms with Gasteiger partial charge < -0.3 is 19.9 Å². The number of hydrogen-bond acceptors (Lipinski definition) is 24. The number of benzene rings is 7. The predicted octanol–water partition coefficient (Wildman–Crippen LogP) is 11.7. The number of aryl methyl sites for hydroxylation is 4. The normalized spacial score (nSPS) is 11.8. The van der Waals surface area contributed by atoms with Gasteiger partial charge in [-0.15, -0.1) is 45.7 Å².